The lowest BCUT2D eigenvalue weighted by Gasteiger charge is -2.05. The van der Waals surface area contributed by atoms with Gasteiger partial charge in [-0.05, 0) is 43.3 Å². The van der Waals surface area contributed by atoms with Crippen molar-refractivity contribution in [3.63, 3.8) is 0 Å². The van der Waals surface area contributed by atoms with E-state index in [0.717, 1.165) is 5.76 Å². The Bertz CT molecular complexity index is 803. The lowest BCUT2D eigenvalue weighted by Crippen LogP contribution is -2.02. The molecule has 0 saturated heterocycles. The number of aromatic carboxylic acids is 1. The van der Waals surface area contributed by atoms with Gasteiger partial charge in [0, 0.05) is 11.1 Å². The second kappa shape index (κ2) is 5.10. The summed E-state index contributed by atoms with van der Waals surface area (Å²) in [5, 5.41) is 13.8. The molecule has 106 valence electrons. The molecule has 6 heteroatoms. The van der Waals surface area contributed by atoms with Crippen molar-refractivity contribution in [2.24, 2.45) is 0 Å². The first-order chi connectivity index (χ1) is 10.0. The molecule has 0 bridgehead atoms. The molecule has 1 N–H and O–H groups in total. The Morgan fingerprint density at radius 1 is 1.24 bits per heavy atom. The third-order valence-electron chi connectivity index (χ3n) is 2.99. The number of aromatic nitrogens is 2. The fourth-order valence-electron chi connectivity index (χ4n) is 2.01. The van der Waals surface area contributed by atoms with E-state index in [1.165, 1.54) is 10.7 Å². The third-order valence-corrected chi connectivity index (χ3v) is 3.24. The van der Waals surface area contributed by atoms with E-state index in [1.807, 2.05) is 13.0 Å². The number of carboxylic acid groups (broad SMARTS) is 1. The average Bonchev–Trinajstić information content (AvgIpc) is 3.05. The monoisotopic (exact) mass is 302 g/mol. The fourth-order valence-corrected chi connectivity index (χ4v) is 2.14. The number of nitrogens with zero attached hydrogens (tertiary/aromatic N) is 2. The van der Waals surface area contributed by atoms with Crippen molar-refractivity contribution in [1.82, 2.24) is 9.78 Å². The molecule has 5 nitrogen and oxygen atoms in total. The van der Waals surface area contributed by atoms with E-state index in [0.29, 0.717) is 22.2 Å². The van der Waals surface area contributed by atoms with Crippen LogP contribution in [0.25, 0.3) is 17.1 Å². The number of benzene rings is 1. The minimum absolute atomic E-state index is 0.0472. The van der Waals surface area contributed by atoms with Crippen LogP contribution in [0.3, 0.4) is 0 Å². The standard InChI is InChI=1S/C15H11ClN2O3/c1-9-2-7-14(21-9)13-8-12(15(19)20)17-18(13)11-5-3-10(16)4-6-11/h2-8H,1H3,(H,19,20). The maximum Gasteiger partial charge on any atom is 0.356 e. The zero-order valence-corrected chi connectivity index (χ0v) is 11.8. The van der Waals surface area contributed by atoms with Gasteiger partial charge in [-0.25, -0.2) is 9.48 Å². The van der Waals surface area contributed by atoms with Gasteiger partial charge < -0.3 is 9.52 Å². The number of carbonyl (C=O) groups is 1. The molecule has 0 aliphatic carbocycles. The van der Waals surface area contributed by atoms with Crippen LogP contribution in [0.4, 0.5) is 0 Å². The van der Waals surface area contributed by atoms with Gasteiger partial charge in [-0.15, -0.1) is 0 Å². The quantitative estimate of drug-likeness (QED) is 0.799. The van der Waals surface area contributed by atoms with Gasteiger partial charge in [-0.2, -0.15) is 5.10 Å². The second-order valence-electron chi connectivity index (χ2n) is 4.52. The number of rotatable bonds is 3. The van der Waals surface area contributed by atoms with Gasteiger partial charge in [-0.3, -0.25) is 0 Å². The highest BCUT2D eigenvalue weighted by atomic mass is 35.5. The summed E-state index contributed by atoms with van der Waals surface area (Å²) in [7, 11) is 0. The van der Waals surface area contributed by atoms with Crippen molar-refractivity contribution in [1.29, 1.82) is 0 Å². The Kier molecular flexibility index (Phi) is 3.27. The molecule has 0 saturated carbocycles. The molecule has 0 aliphatic rings. The number of furan rings is 1. The fraction of sp³-hybridized carbons (Fsp3) is 0.0667. The lowest BCUT2D eigenvalue weighted by atomic mass is 10.2. The SMILES string of the molecule is Cc1ccc(-c2cc(C(=O)O)nn2-c2ccc(Cl)cc2)o1. The number of hydrogen-bond donors (Lipinski definition) is 1. The van der Waals surface area contributed by atoms with Crippen molar-refractivity contribution in [3.05, 3.63) is 58.9 Å². The third kappa shape index (κ3) is 2.55. The zero-order valence-electron chi connectivity index (χ0n) is 11.1. The van der Waals surface area contributed by atoms with Crippen molar-refractivity contribution in [2.45, 2.75) is 6.92 Å². The highest BCUT2D eigenvalue weighted by molar-refractivity contribution is 6.30. The van der Waals surface area contributed by atoms with Crippen LogP contribution >= 0.6 is 11.6 Å². The van der Waals surface area contributed by atoms with Crippen molar-refractivity contribution in [2.75, 3.05) is 0 Å². The van der Waals surface area contributed by atoms with Crippen LogP contribution in [-0.2, 0) is 0 Å². The van der Waals surface area contributed by atoms with Gasteiger partial charge in [0.15, 0.2) is 11.5 Å². The van der Waals surface area contributed by atoms with Gasteiger partial charge in [0.2, 0.25) is 0 Å². The molecular weight excluding hydrogens is 292 g/mol. The molecule has 21 heavy (non-hydrogen) atoms. The summed E-state index contributed by atoms with van der Waals surface area (Å²) in [6.07, 6.45) is 0. The Hall–Kier alpha value is -2.53. The van der Waals surface area contributed by atoms with Crippen molar-refractivity contribution < 1.29 is 14.3 Å². The summed E-state index contributed by atoms with van der Waals surface area (Å²) in [5.74, 6) is 0.209. The topological polar surface area (TPSA) is 68.3 Å². The van der Waals surface area contributed by atoms with Gasteiger partial charge >= 0.3 is 5.97 Å². The van der Waals surface area contributed by atoms with Crippen molar-refractivity contribution in [3.8, 4) is 17.1 Å². The maximum absolute atomic E-state index is 11.2. The van der Waals surface area contributed by atoms with E-state index < -0.39 is 5.97 Å². The van der Waals surface area contributed by atoms with Crippen molar-refractivity contribution >= 4 is 17.6 Å². The summed E-state index contributed by atoms with van der Waals surface area (Å²) in [4.78, 5) is 11.2. The summed E-state index contributed by atoms with van der Waals surface area (Å²) >= 11 is 5.87. The predicted octanol–water partition coefficient (Wildman–Crippen LogP) is 3.79. The van der Waals surface area contributed by atoms with Crippen LogP contribution in [0.15, 0.2) is 46.9 Å². The first kappa shape index (κ1) is 13.5. The van der Waals surface area contributed by atoms with E-state index in [2.05, 4.69) is 5.10 Å². The summed E-state index contributed by atoms with van der Waals surface area (Å²) in [6.45, 7) is 1.82. The smallest absolute Gasteiger partial charge is 0.356 e. The normalized spacial score (nSPS) is 10.8. The second-order valence-corrected chi connectivity index (χ2v) is 4.95. The number of hydrogen-bond acceptors (Lipinski definition) is 3. The predicted molar refractivity (Wildman–Crippen MR) is 78.0 cm³/mol. The van der Waals surface area contributed by atoms with E-state index in [-0.39, 0.29) is 5.69 Å². The molecule has 0 aliphatic heterocycles. The molecule has 0 atom stereocenters. The van der Waals surface area contributed by atoms with E-state index in [1.54, 1.807) is 30.3 Å². The molecule has 2 heterocycles. The van der Waals surface area contributed by atoms with Gasteiger partial charge in [0.05, 0.1) is 5.69 Å². The Morgan fingerprint density at radius 3 is 2.52 bits per heavy atom. The Labute approximate surface area is 125 Å². The number of halogens is 1. The van der Waals surface area contributed by atoms with E-state index in [9.17, 15) is 4.79 Å². The molecular formula is C15H11ClN2O3. The number of aryl methyl sites for hydroxylation is 1. The molecule has 0 unspecified atom stereocenters. The molecule has 0 fully saturated rings. The largest absolute Gasteiger partial charge is 0.476 e. The minimum atomic E-state index is -1.09. The summed E-state index contributed by atoms with van der Waals surface area (Å²) in [6, 6.07) is 12.0. The minimum Gasteiger partial charge on any atom is -0.476 e. The molecule has 2 aromatic heterocycles. The highest BCUT2D eigenvalue weighted by Crippen LogP contribution is 2.26. The van der Waals surface area contributed by atoms with Gasteiger partial charge in [0.1, 0.15) is 11.5 Å². The van der Waals surface area contributed by atoms with Crippen LogP contribution in [0.1, 0.15) is 16.2 Å². The van der Waals surface area contributed by atoms with Crippen LogP contribution in [-0.4, -0.2) is 20.9 Å². The summed E-state index contributed by atoms with van der Waals surface area (Å²) in [5.41, 5.74) is 1.23. The van der Waals surface area contributed by atoms with Crippen LogP contribution < -0.4 is 0 Å². The van der Waals surface area contributed by atoms with Crippen LogP contribution in [0.2, 0.25) is 5.02 Å². The average molecular weight is 303 g/mol. The first-order valence-electron chi connectivity index (χ1n) is 6.21. The Balaban J connectivity index is 2.18. The highest BCUT2D eigenvalue weighted by Gasteiger charge is 2.17. The molecule has 3 aromatic rings. The van der Waals surface area contributed by atoms with E-state index >= 15 is 0 Å². The lowest BCUT2D eigenvalue weighted by molar-refractivity contribution is 0.0690. The molecule has 0 amide bonds. The molecule has 0 radical (unpaired) electrons. The van der Waals surface area contributed by atoms with Gasteiger partial charge in [-0.1, -0.05) is 11.6 Å². The van der Waals surface area contributed by atoms with Gasteiger partial charge in [0.25, 0.3) is 0 Å². The zero-order chi connectivity index (χ0) is 15.0. The number of carboxylic acids is 1. The molecule has 1 aromatic carbocycles. The summed E-state index contributed by atoms with van der Waals surface area (Å²) < 4.78 is 7.09. The Morgan fingerprint density at radius 2 is 1.95 bits per heavy atom. The van der Waals surface area contributed by atoms with Crippen LogP contribution in [0.5, 0.6) is 0 Å². The van der Waals surface area contributed by atoms with E-state index in [4.69, 9.17) is 21.1 Å². The molecule has 3 rings (SSSR count). The maximum atomic E-state index is 11.2. The first-order valence-corrected chi connectivity index (χ1v) is 6.58. The van der Waals surface area contributed by atoms with Crippen LogP contribution in [0, 0.1) is 6.92 Å². The molecule has 0 spiro atoms.